The highest BCUT2D eigenvalue weighted by atomic mass is 16.5. The molecule has 0 aromatic carbocycles. The van der Waals surface area contributed by atoms with Gasteiger partial charge in [-0.25, -0.2) is 4.79 Å². The van der Waals surface area contributed by atoms with Gasteiger partial charge in [0.25, 0.3) is 11.5 Å². The van der Waals surface area contributed by atoms with Crippen molar-refractivity contribution in [1.82, 2.24) is 23.8 Å². The Bertz CT molecular complexity index is 1160. The summed E-state index contributed by atoms with van der Waals surface area (Å²) in [5.74, 6) is 0.644. The van der Waals surface area contributed by atoms with Crippen molar-refractivity contribution in [2.24, 2.45) is 14.1 Å². The number of carbonyl (C=O) groups excluding carboxylic acids is 1. The lowest BCUT2D eigenvalue weighted by Crippen LogP contribution is -2.37. The van der Waals surface area contributed by atoms with E-state index in [0.29, 0.717) is 42.8 Å². The summed E-state index contributed by atoms with van der Waals surface area (Å²) in [6.07, 6.45) is 3.01. The average molecular weight is 371 g/mol. The van der Waals surface area contributed by atoms with Crippen LogP contribution in [0.5, 0.6) is 0 Å². The van der Waals surface area contributed by atoms with Gasteiger partial charge in [0.2, 0.25) is 0 Å². The molecule has 4 heterocycles. The summed E-state index contributed by atoms with van der Waals surface area (Å²) in [7, 11) is 3.07. The zero-order valence-corrected chi connectivity index (χ0v) is 15.6. The van der Waals surface area contributed by atoms with Crippen molar-refractivity contribution >= 4 is 16.9 Å². The van der Waals surface area contributed by atoms with Gasteiger partial charge in [-0.05, 0) is 12.5 Å². The molecule has 1 aliphatic rings. The summed E-state index contributed by atoms with van der Waals surface area (Å²) in [5, 5.41) is 4.17. The van der Waals surface area contributed by atoms with E-state index in [2.05, 4.69) is 5.16 Å². The molecule has 4 rings (SSSR count). The smallest absolute Gasteiger partial charge is 0.332 e. The Hall–Kier alpha value is -3.10. The Kier molecular flexibility index (Phi) is 4.01. The van der Waals surface area contributed by atoms with Crippen molar-refractivity contribution in [2.75, 3.05) is 6.54 Å². The van der Waals surface area contributed by atoms with Crippen LogP contribution >= 0.6 is 0 Å². The minimum absolute atomic E-state index is 0.166. The van der Waals surface area contributed by atoms with E-state index >= 15 is 0 Å². The second-order valence-electron chi connectivity index (χ2n) is 6.88. The average Bonchev–Trinajstić information content (AvgIpc) is 3.28. The van der Waals surface area contributed by atoms with Gasteiger partial charge in [0.1, 0.15) is 17.1 Å². The lowest BCUT2D eigenvalue weighted by Gasteiger charge is -2.26. The fourth-order valence-corrected chi connectivity index (χ4v) is 3.74. The topological polar surface area (TPSA) is 95.3 Å². The second-order valence-corrected chi connectivity index (χ2v) is 6.88. The van der Waals surface area contributed by atoms with Gasteiger partial charge in [0.15, 0.2) is 0 Å². The predicted molar refractivity (Wildman–Crippen MR) is 97.7 cm³/mol. The number of aromatic nitrogens is 4. The first-order chi connectivity index (χ1) is 12.9. The molecule has 0 atom stereocenters. The van der Waals surface area contributed by atoms with Crippen LogP contribution in [0.25, 0.3) is 11.0 Å². The maximum Gasteiger partial charge on any atom is 0.332 e. The van der Waals surface area contributed by atoms with Crippen LogP contribution in [-0.4, -0.2) is 36.2 Å². The standard InChI is InChI=1S/C18H21N5O4/c1-4-6-23-13(8-12-15(23)20(2)18(26)21(3)16(12)24)17(25)22-7-5-14-11(10-22)9-19-27-14/h8-9H,4-7,10H2,1-3H3. The van der Waals surface area contributed by atoms with Crippen LogP contribution in [0, 0.1) is 0 Å². The van der Waals surface area contributed by atoms with Gasteiger partial charge in [-0.1, -0.05) is 12.1 Å². The maximum absolute atomic E-state index is 13.2. The van der Waals surface area contributed by atoms with Gasteiger partial charge in [-0.15, -0.1) is 0 Å². The van der Waals surface area contributed by atoms with Gasteiger partial charge in [-0.2, -0.15) is 0 Å². The van der Waals surface area contributed by atoms with Crippen LogP contribution in [0.15, 0.2) is 26.4 Å². The fraction of sp³-hybridized carbons (Fsp3) is 0.444. The van der Waals surface area contributed by atoms with Crippen LogP contribution in [0.4, 0.5) is 0 Å². The monoisotopic (exact) mass is 371 g/mol. The van der Waals surface area contributed by atoms with E-state index in [1.54, 1.807) is 28.8 Å². The van der Waals surface area contributed by atoms with E-state index in [-0.39, 0.29) is 5.91 Å². The zero-order valence-electron chi connectivity index (χ0n) is 15.6. The predicted octanol–water partition coefficient (Wildman–Crippen LogP) is 0.635. The van der Waals surface area contributed by atoms with Gasteiger partial charge in [0, 0.05) is 39.2 Å². The number of carbonyl (C=O) groups is 1. The van der Waals surface area contributed by atoms with Crippen LogP contribution in [0.1, 0.15) is 35.2 Å². The van der Waals surface area contributed by atoms with Crippen molar-refractivity contribution in [3.8, 4) is 0 Å². The molecule has 0 saturated heterocycles. The maximum atomic E-state index is 13.2. The molecule has 142 valence electrons. The quantitative estimate of drug-likeness (QED) is 0.673. The second kappa shape index (κ2) is 6.26. The van der Waals surface area contributed by atoms with E-state index in [1.807, 2.05) is 6.92 Å². The third-order valence-corrected chi connectivity index (χ3v) is 5.15. The Balaban J connectivity index is 1.86. The molecule has 0 fully saturated rings. The Morgan fingerprint density at radius 3 is 2.78 bits per heavy atom. The molecule has 0 aliphatic carbocycles. The molecule has 0 unspecified atom stereocenters. The molecule has 0 N–H and O–H groups in total. The third-order valence-electron chi connectivity index (χ3n) is 5.15. The van der Waals surface area contributed by atoms with Crippen molar-refractivity contribution in [3.05, 3.63) is 50.1 Å². The first kappa shape index (κ1) is 17.3. The van der Waals surface area contributed by atoms with Gasteiger partial charge in [-0.3, -0.25) is 18.7 Å². The van der Waals surface area contributed by atoms with Gasteiger partial charge < -0.3 is 14.0 Å². The number of hydrogen-bond donors (Lipinski definition) is 0. The summed E-state index contributed by atoms with van der Waals surface area (Å²) in [5.41, 5.74) is 1.00. The molecule has 3 aromatic heterocycles. The highest BCUT2D eigenvalue weighted by molar-refractivity contribution is 5.98. The van der Waals surface area contributed by atoms with E-state index in [9.17, 15) is 14.4 Å². The van der Waals surface area contributed by atoms with E-state index < -0.39 is 11.2 Å². The molecular weight excluding hydrogens is 350 g/mol. The van der Waals surface area contributed by atoms with E-state index in [1.165, 1.54) is 11.6 Å². The van der Waals surface area contributed by atoms with Crippen LogP contribution < -0.4 is 11.2 Å². The third kappa shape index (κ3) is 2.53. The molecule has 0 saturated carbocycles. The molecule has 3 aromatic rings. The summed E-state index contributed by atoms with van der Waals surface area (Å²) >= 11 is 0. The molecule has 1 amide bonds. The number of amides is 1. The number of rotatable bonds is 3. The number of aryl methyl sites for hydroxylation is 2. The normalized spacial score (nSPS) is 14.0. The number of nitrogens with zero attached hydrogens (tertiary/aromatic N) is 5. The van der Waals surface area contributed by atoms with Crippen molar-refractivity contribution in [2.45, 2.75) is 32.9 Å². The molecule has 0 bridgehead atoms. The van der Waals surface area contributed by atoms with Crippen LogP contribution in [0.3, 0.4) is 0 Å². The largest absolute Gasteiger partial charge is 0.361 e. The molecule has 1 aliphatic heterocycles. The molecule has 9 nitrogen and oxygen atoms in total. The summed E-state index contributed by atoms with van der Waals surface area (Å²) < 4.78 is 9.46. The lowest BCUT2D eigenvalue weighted by atomic mass is 10.1. The molecule has 0 radical (unpaired) electrons. The number of fused-ring (bicyclic) bond motifs is 2. The lowest BCUT2D eigenvalue weighted by molar-refractivity contribution is 0.0718. The molecule has 27 heavy (non-hydrogen) atoms. The summed E-state index contributed by atoms with van der Waals surface area (Å²) in [4.78, 5) is 39.9. The van der Waals surface area contributed by atoms with E-state index in [0.717, 1.165) is 22.3 Å². The van der Waals surface area contributed by atoms with Gasteiger partial charge >= 0.3 is 5.69 Å². The molecule has 9 heteroatoms. The summed E-state index contributed by atoms with van der Waals surface area (Å²) in [6, 6.07) is 1.61. The van der Waals surface area contributed by atoms with E-state index in [4.69, 9.17) is 4.52 Å². The van der Waals surface area contributed by atoms with Gasteiger partial charge in [0.05, 0.1) is 18.1 Å². The molecular formula is C18H21N5O4. The summed E-state index contributed by atoms with van der Waals surface area (Å²) in [6.45, 7) is 3.47. The highest BCUT2D eigenvalue weighted by Crippen LogP contribution is 2.23. The Labute approximate surface area is 154 Å². The minimum atomic E-state index is -0.408. The highest BCUT2D eigenvalue weighted by Gasteiger charge is 2.28. The first-order valence-electron chi connectivity index (χ1n) is 8.95. The minimum Gasteiger partial charge on any atom is -0.361 e. The van der Waals surface area contributed by atoms with Crippen molar-refractivity contribution < 1.29 is 9.32 Å². The van der Waals surface area contributed by atoms with Crippen LogP contribution in [0.2, 0.25) is 0 Å². The van der Waals surface area contributed by atoms with Crippen molar-refractivity contribution in [1.29, 1.82) is 0 Å². The number of hydrogen-bond acceptors (Lipinski definition) is 5. The van der Waals surface area contributed by atoms with Crippen molar-refractivity contribution in [3.63, 3.8) is 0 Å². The van der Waals surface area contributed by atoms with Crippen LogP contribution in [-0.2, 0) is 33.6 Å². The Morgan fingerprint density at radius 2 is 2.04 bits per heavy atom. The zero-order chi connectivity index (χ0) is 19.3. The SMILES string of the molecule is CCCn1c(C(=O)N2CCc3oncc3C2)cc2c(=O)n(C)c(=O)n(C)c21. The fourth-order valence-electron chi connectivity index (χ4n) is 3.74. The first-order valence-corrected chi connectivity index (χ1v) is 8.95. The molecule has 0 spiro atoms. The Morgan fingerprint density at radius 1 is 1.26 bits per heavy atom.